The maximum absolute atomic E-state index is 4.49. The standard InChI is InChI=1S/C13H22N4/c1-2-7-16(6-1)8-3-9-17-11-15-12-10-14-5-4-13(12)17/h11,14H,1-10H2. The highest BCUT2D eigenvalue weighted by Gasteiger charge is 2.15. The average molecular weight is 234 g/mol. The van der Waals surface area contributed by atoms with Crippen LogP contribution in [-0.4, -0.2) is 40.6 Å². The van der Waals surface area contributed by atoms with Gasteiger partial charge in [-0.15, -0.1) is 0 Å². The van der Waals surface area contributed by atoms with E-state index in [2.05, 4.69) is 19.8 Å². The molecular weight excluding hydrogens is 212 g/mol. The second-order valence-electron chi connectivity index (χ2n) is 5.16. The number of nitrogens with zero attached hydrogens (tertiary/aromatic N) is 3. The first kappa shape index (κ1) is 11.2. The van der Waals surface area contributed by atoms with Crippen LogP contribution in [-0.2, 0) is 19.5 Å². The van der Waals surface area contributed by atoms with Crippen molar-refractivity contribution in [2.24, 2.45) is 0 Å². The fourth-order valence-electron chi connectivity index (χ4n) is 2.96. The van der Waals surface area contributed by atoms with Crippen molar-refractivity contribution in [3.05, 3.63) is 17.7 Å². The van der Waals surface area contributed by atoms with Crippen LogP contribution in [0.5, 0.6) is 0 Å². The molecule has 0 spiro atoms. The van der Waals surface area contributed by atoms with Gasteiger partial charge in [-0.25, -0.2) is 4.98 Å². The molecule has 4 nitrogen and oxygen atoms in total. The summed E-state index contributed by atoms with van der Waals surface area (Å²) in [4.78, 5) is 7.08. The van der Waals surface area contributed by atoms with E-state index >= 15 is 0 Å². The topological polar surface area (TPSA) is 33.1 Å². The largest absolute Gasteiger partial charge is 0.334 e. The molecule has 0 unspecified atom stereocenters. The smallest absolute Gasteiger partial charge is 0.0952 e. The molecule has 1 N–H and O–H groups in total. The van der Waals surface area contributed by atoms with Gasteiger partial charge in [0.2, 0.25) is 0 Å². The van der Waals surface area contributed by atoms with E-state index in [1.54, 1.807) is 0 Å². The molecule has 3 rings (SSSR count). The Bertz CT molecular complexity index is 365. The number of aryl methyl sites for hydroxylation is 1. The second-order valence-corrected chi connectivity index (χ2v) is 5.16. The van der Waals surface area contributed by atoms with Gasteiger partial charge in [-0.3, -0.25) is 0 Å². The number of hydrogen-bond donors (Lipinski definition) is 1. The Morgan fingerprint density at radius 3 is 3.00 bits per heavy atom. The van der Waals surface area contributed by atoms with Gasteiger partial charge in [0.1, 0.15) is 0 Å². The van der Waals surface area contributed by atoms with E-state index in [0.717, 1.165) is 26.1 Å². The molecule has 2 aliphatic heterocycles. The first-order chi connectivity index (χ1) is 8.43. The van der Waals surface area contributed by atoms with E-state index in [1.165, 1.54) is 50.3 Å². The van der Waals surface area contributed by atoms with Crippen molar-refractivity contribution in [1.82, 2.24) is 19.8 Å². The van der Waals surface area contributed by atoms with Crippen LogP contribution >= 0.6 is 0 Å². The minimum atomic E-state index is 0.953. The lowest BCUT2D eigenvalue weighted by atomic mass is 10.2. The number of aromatic nitrogens is 2. The van der Waals surface area contributed by atoms with Gasteiger partial charge in [0.05, 0.1) is 12.0 Å². The van der Waals surface area contributed by atoms with E-state index in [4.69, 9.17) is 0 Å². The number of likely N-dealkylation sites (tertiary alicyclic amines) is 1. The van der Waals surface area contributed by atoms with Gasteiger partial charge in [0.25, 0.3) is 0 Å². The summed E-state index contributed by atoms with van der Waals surface area (Å²) in [5.74, 6) is 0. The third-order valence-electron chi connectivity index (χ3n) is 3.94. The Labute approximate surface area is 103 Å². The summed E-state index contributed by atoms with van der Waals surface area (Å²) in [7, 11) is 0. The molecule has 0 atom stereocenters. The molecule has 0 aromatic carbocycles. The van der Waals surface area contributed by atoms with Gasteiger partial charge in [-0.05, 0) is 38.9 Å². The van der Waals surface area contributed by atoms with Crippen LogP contribution in [0.2, 0.25) is 0 Å². The van der Waals surface area contributed by atoms with Crippen molar-refractivity contribution in [3.63, 3.8) is 0 Å². The minimum absolute atomic E-state index is 0.953. The Morgan fingerprint density at radius 2 is 2.12 bits per heavy atom. The predicted octanol–water partition coefficient (Wildman–Crippen LogP) is 1.01. The number of nitrogens with one attached hydrogen (secondary N) is 1. The summed E-state index contributed by atoms with van der Waals surface area (Å²) < 4.78 is 2.37. The molecule has 0 aliphatic carbocycles. The molecule has 1 fully saturated rings. The van der Waals surface area contributed by atoms with Crippen LogP contribution in [0.3, 0.4) is 0 Å². The normalized spacial score (nSPS) is 20.7. The maximum Gasteiger partial charge on any atom is 0.0952 e. The summed E-state index contributed by atoms with van der Waals surface area (Å²) in [5, 5.41) is 3.37. The zero-order chi connectivity index (χ0) is 11.5. The Hall–Kier alpha value is -0.870. The Kier molecular flexibility index (Phi) is 3.43. The lowest BCUT2D eigenvalue weighted by molar-refractivity contribution is 0.324. The summed E-state index contributed by atoms with van der Waals surface area (Å²) in [6.45, 7) is 7.07. The van der Waals surface area contributed by atoms with Gasteiger partial charge in [0.15, 0.2) is 0 Å². The van der Waals surface area contributed by atoms with Gasteiger partial charge in [0, 0.05) is 31.7 Å². The van der Waals surface area contributed by atoms with E-state index in [9.17, 15) is 0 Å². The van der Waals surface area contributed by atoms with Gasteiger partial charge >= 0.3 is 0 Å². The van der Waals surface area contributed by atoms with E-state index in [1.807, 2.05) is 6.33 Å². The Balaban J connectivity index is 1.52. The molecular formula is C13H22N4. The molecule has 0 amide bonds. The molecule has 2 aliphatic rings. The Morgan fingerprint density at radius 1 is 1.24 bits per heavy atom. The number of imidazole rings is 1. The lowest BCUT2D eigenvalue weighted by Gasteiger charge is -2.17. The van der Waals surface area contributed by atoms with E-state index in [-0.39, 0.29) is 0 Å². The van der Waals surface area contributed by atoms with Crippen LogP contribution in [0, 0.1) is 0 Å². The van der Waals surface area contributed by atoms with Crippen LogP contribution in [0.15, 0.2) is 6.33 Å². The molecule has 0 radical (unpaired) electrons. The van der Waals surface area contributed by atoms with Gasteiger partial charge in [-0.1, -0.05) is 0 Å². The van der Waals surface area contributed by atoms with Crippen molar-refractivity contribution >= 4 is 0 Å². The van der Waals surface area contributed by atoms with Crippen molar-refractivity contribution < 1.29 is 0 Å². The fraction of sp³-hybridized carbons (Fsp3) is 0.769. The summed E-state index contributed by atoms with van der Waals surface area (Å²) in [5.41, 5.74) is 2.72. The second kappa shape index (κ2) is 5.19. The maximum atomic E-state index is 4.49. The molecule has 94 valence electrons. The van der Waals surface area contributed by atoms with Crippen molar-refractivity contribution in [2.45, 2.75) is 38.8 Å². The molecule has 4 heteroatoms. The quantitative estimate of drug-likeness (QED) is 0.844. The van der Waals surface area contributed by atoms with Crippen LogP contribution in [0.25, 0.3) is 0 Å². The van der Waals surface area contributed by atoms with Crippen LogP contribution in [0.4, 0.5) is 0 Å². The first-order valence-corrected chi connectivity index (χ1v) is 6.89. The van der Waals surface area contributed by atoms with Crippen molar-refractivity contribution in [2.75, 3.05) is 26.2 Å². The number of fused-ring (bicyclic) bond motifs is 1. The SMILES string of the molecule is c1nc2c(n1CCCN1CCCC1)CCNC2. The van der Waals surface area contributed by atoms with Crippen LogP contribution in [0.1, 0.15) is 30.7 Å². The monoisotopic (exact) mass is 234 g/mol. The molecule has 0 saturated carbocycles. The van der Waals surface area contributed by atoms with Crippen molar-refractivity contribution in [1.29, 1.82) is 0 Å². The lowest BCUT2D eigenvalue weighted by Crippen LogP contribution is -2.25. The molecule has 1 saturated heterocycles. The van der Waals surface area contributed by atoms with E-state index < -0.39 is 0 Å². The van der Waals surface area contributed by atoms with E-state index in [0.29, 0.717) is 0 Å². The predicted molar refractivity (Wildman–Crippen MR) is 67.9 cm³/mol. The highest BCUT2D eigenvalue weighted by atomic mass is 15.1. The first-order valence-electron chi connectivity index (χ1n) is 6.89. The summed E-state index contributed by atoms with van der Waals surface area (Å²) in [6, 6.07) is 0. The van der Waals surface area contributed by atoms with Crippen molar-refractivity contribution in [3.8, 4) is 0 Å². The molecule has 0 bridgehead atoms. The molecule has 1 aromatic rings. The van der Waals surface area contributed by atoms with Gasteiger partial charge < -0.3 is 14.8 Å². The molecule has 1 aromatic heterocycles. The molecule has 17 heavy (non-hydrogen) atoms. The summed E-state index contributed by atoms with van der Waals surface area (Å²) >= 11 is 0. The summed E-state index contributed by atoms with van der Waals surface area (Å²) in [6.07, 6.45) is 7.22. The molecule has 3 heterocycles. The zero-order valence-electron chi connectivity index (χ0n) is 10.5. The highest BCUT2D eigenvalue weighted by molar-refractivity contribution is 5.16. The third kappa shape index (κ3) is 2.53. The third-order valence-corrected chi connectivity index (χ3v) is 3.94. The average Bonchev–Trinajstić information content (AvgIpc) is 2.99. The zero-order valence-corrected chi connectivity index (χ0v) is 10.5. The van der Waals surface area contributed by atoms with Gasteiger partial charge in [-0.2, -0.15) is 0 Å². The fourth-order valence-corrected chi connectivity index (χ4v) is 2.96. The number of hydrogen-bond acceptors (Lipinski definition) is 3. The number of rotatable bonds is 4. The minimum Gasteiger partial charge on any atom is -0.334 e. The van der Waals surface area contributed by atoms with Crippen LogP contribution < -0.4 is 5.32 Å². The highest BCUT2D eigenvalue weighted by Crippen LogP contribution is 2.13.